The normalized spacial score (nSPS) is 13.1. The van der Waals surface area contributed by atoms with Crippen LogP contribution in [0.2, 0.25) is 0 Å². The molecule has 0 aromatic carbocycles. The minimum absolute atomic E-state index is 0.0220. The summed E-state index contributed by atoms with van der Waals surface area (Å²) in [7, 11) is 2.99. The molecule has 9 heteroatoms. The fourth-order valence-corrected chi connectivity index (χ4v) is 2.12. The first-order chi connectivity index (χ1) is 12.1. The zero-order chi connectivity index (χ0) is 19.7. The minimum Gasteiger partial charge on any atom is -0.460 e. The van der Waals surface area contributed by atoms with Gasteiger partial charge in [-0.05, 0) is 26.3 Å². The van der Waals surface area contributed by atoms with Crippen molar-refractivity contribution >= 4 is 5.97 Å². The average Bonchev–Trinajstić information content (AvgIpc) is 2.53. The van der Waals surface area contributed by atoms with Crippen LogP contribution in [0.5, 0.6) is 5.88 Å². The lowest BCUT2D eigenvalue weighted by molar-refractivity contribution is -0.155. The molecule has 0 saturated carbocycles. The maximum Gasteiger partial charge on any atom is 0.388 e. The Morgan fingerprint density at radius 1 is 1.23 bits per heavy atom. The average molecular weight is 376 g/mol. The number of esters is 1. The number of hydrogen-bond acceptors (Lipinski definition) is 7. The highest BCUT2D eigenvalue weighted by molar-refractivity contribution is 5.71. The van der Waals surface area contributed by atoms with Crippen LogP contribution >= 0.6 is 0 Å². The Morgan fingerprint density at radius 2 is 1.88 bits per heavy atom. The van der Waals surface area contributed by atoms with Gasteiger partial charge in [0.15, 0.2) is 6.29 Å². The van der Waals surface area contributed by atoms with E-state index in [1.54, 1.807) is 26.8 Å². The van der Waals surface area contributed by atoms with Crippen molar-refractivity contribution in [1.82, 2.24) is 10.3 Å². The molecule has 148 valence electrons. The second-order valence-corrected chi connectivity index (χ2v) is 6.46. The van der Waals surface area contributed by atoms with Gasteiger partial charge in [-0.15, -0.1) is 0 Å². The molecule has 1 atom stereocenters. The number of nitrogens with zero attached hydrogens (tertiary/aromatic N) is 1. The number of aromatic nitrogens is 1. The molecule has 0 radical (unpaired) electrons. The summed E-state index contributed by atoms with van der Waals surface area (Å²) >= 11 is 0. The Hall–Kier alpha value is -1.84. The lowest BCUT2D eigenvalue weighted by atomic mass is 10.1. The van der Waals surface area contributed by atoms with Gasteiger partial charge < -0.3 is 24.3 Å². The van der Waals surface area contributed by atoms with Gasteiger partial charge in [-0.2, -0.15) is 8.78 Å². The van der Waals surface area contributed by atoms with Crippen LogP contribution in [0, 0.1) is 0 Å². The van der Waals surface area contributed by atoms with Crippen molar-refractivity contribution in [2.24, 2.45) is 0 Å². The van der Waals surface area contributed by atoms with Crippen LogP contribution in [0.3, 0.4) is 0 Å². The molecular formula is C17H26F2N2O5. The number of ether oxygens (including phenoxy) is 4. The quantitative estimate of drug-likeness (QED) is 0.497. The maximum atomic E-state index is 12.2. The predicted octanol–water partition coefficient (Wildman–Crippen LogP) is 2.66. The highest BCUT2D eigenvalue weighted by Crippen LogP contribution is 2.21. The number of nitrogens with one attached hydrogen (secondary N) is 1. The standard InChI is InChI=1S/C17H26F2N2O5/c1-17(2,3)26-14(22)8-12(20-10-15(23-4)24-5)11-6-7-13(21-9-11)25-16(18)19/h6-7,9,12,15-16,20H,8,10H2,1-5H3. The van der Waals surface area contributed by atoms with E-state index in [0.29, 0.717) is 12.1 Å². The summed E-state index contributed by atoms with van der Waals surface area (Å²) in [5.74, 6) is -0.610. The Morgan fingerprint density at radius 3 is 2.35 bits per heavy atom. The molecule has 1 aromatic heterocycles. The van der Waals surface area contributed by atoms with E-state index in [4.69, 9.17) is 14.2 Å². The topological polar surface area (TPSA) is 78.9 Å². The molecule has 0 amide bonds. The van der Waals surface area contributed by atoms with E-state index in [1.807, 2.05) is 0 Å². The van der Waals surface area contributed by atoms with Crippen LogP contribution in [0.4, 0.5) is 8.78 Å². The monoisotopic (exact) mass is 376 g/mol. The van der Waals surface area contributed by atoms with Crippen molar-refractivity contribution in [3.05, 3.63) is 23.9 Å². The first-order valence-corrected chi connectivity index (χ1v) is 8.06. The third-order valence-electron chi connectivity index (χ3n) is 3.22. The number of alkyl halides is 2. The number of hydrogen-bond donors (Lipinski definition) is 1. The van der Waals surface area contributed by atoms with Crippen molar-refractivity contribution in [2.75, 3.05) is 20.8 Å². The fraction of sp³-hybridized carbons (Fsp3) is 0.647. The fourth-order valence-electron chi connectivity index (χ4n) is 2.12. The van der Waals surface area contributed by atoms with Crippen molar-refractivity contribution in [1.29, 1.82) is 0 Å². The summed E-state index contributed by atoms with van der Waals surface area (Å²) in [4.78, 5) is 16.0. The van der Waals surface area contributed by atoms with Crippen molar-refractivity contribution in [3.8, 4) is 5.88 Å². The van der Waals surface area contributed by atoms with E-state index >= 15 is 0 Å². The zero-order valence-electron chi connectivity index (χ0n) is 15.6. The van der Waals surface area contributed by atoms with Crippen LogP contribution in [0.25, 0.3) is 0 Å². The Labute approximate surface area is 152 Å². The van der Waals surface area contributed by atoms with Gasteiger partial charge in [0.25, 0.3) is 0 Å². The molecule has 26 heavy (non-hydrogen) atoms. The van der Waals surface area contributed by atoms with Gasteiger partial charge >= 0.3 is 12.6 Å². The number of carbonyl (C=O) groups is 1. The molecule has 7 nitrogen and oxygen atoms in total. The summed E-state index contributed by atoms with van der Waals surface area (Å²) in [6.07, 6.45) is 0.883. The molecule has 0 bridgehead atoms. The van der Waals surface area contributed by atoms with Crippen molar-refractivity contribution in [2.45, 2.75) is 51.7 Å². The second kappa shape index (κ2) is 10.3. The summed E-state index contributed by atoms with van der Waals surface area (Å²) in [5.41, 5.74) is -0.000355. The molecular weight excluding hydrogens is 350 g/mol. The zero-order valence-corrected chi connectivity index (χ0v) is 15.6. The van der Waals surface area contributed by atoms with Gasteiger partial charge in [0.1, 0.15) is 5.60 Å². The number of carbonyl (C=O) groups excluding carboxylic acids is 1. The minimum atomic E-state index is -2.95. The van der Waals surface area contributed by atoms with Crippen LogP contribution in [-0.4, -0.2) is 50.2 Å². The van der Waals surface area contributed by atoms with E-state index in [2.05, 4.69) is 15.0 Å². The van der Waals surface area contributed by atoms with E-state index in [-0.39, 0.29) is 12.3 Å². The molecule has 1 heterocycles. The predicted molar refractivity (Wildman–Crippen MR) is 89.9 cm³/mol. The number of methoxy groups -OCH3 is 2. The molecule has 1 aromatic rings. The molecule has 0 fully saturated rings. The van der Waals surface area contributed by atoms with Crippen LogP contribution in [0.15, 0.2) is 18.3 Å². The van der Waals surface area contributed by atoms with Crippen LogP contribution in [-0.2, 0) is 19.0 Å². The van der Waals surface area contributed by atoms with E-state index in [9.17, 15) is 13.6 Å². The Bertz CT molecular complexity index is 545. The third kappa shape index (κ3) is 8.50. The molecule has 0 aliphatic heterocycles. The molecule has 1 rings (SSSR count). The van der Waals surface area contributed by atoms with Gasteiger partial charge in [0.05, 0.1) is 6.42 Å². The first kappa shape index (κ1) is 22.2. The lowest BCUT2D eigenvalue weighted by Gasteiger charge is -2.24. The highest BCUT2D eigenvalue weighted by Gasteiger charge is 2.23. The summed E-state index contributed by atoms with van der Waals surface area (Å²) in [6.45, 7) is 2.68. The maximum absolute atomic E-state index is 12.2. The van der Waals surface area contributed by atoms with Gasteiger partial charge in [0.2, 0.25) is 5.88 Å². The smallest absolute Gasteiger partial charge is 0.388 e. The van der Waals surface area contributed by atoms with Crippen molar-refractivity contribution < 1.29 is 32.5 Å². The first-order valence-electron chi connectivity index (χ1n) is 8.06. The van der Waals surface area contributed by atoms with Crippen LogP contribution < -0.4 is 10.1 Å². The van der Waals surface area contributed by atoms with Crippen LogP contribution in [0.1, 0.15) is 38.8 Å². The summed E-state index contributed by atoms with van der Waals surface area (Å²) in [5, 5.41) is 3.14. The SMILES string of the molecule is COC(CNC(CC(=O)OC(C)(C)C)c1ccc(OC(F)F)nc1)OC. The molecule has 0 spiro atoms. The van der Waals surface area contributed by atoms with Gasteiger partial charge in [-0.3, -0.25) is 4.79 Å². The molecule has 0 aliphatic rings. The molecule has 1 N–H and O–H groups in total. The molecule has 0 saturated heterocycles. The summed E-state index contributed by atoms with van der Waals surface area (Å²) in [6, 6.07) is 2.40. The van der Waals surface area contributed by atoms with Gasteiger partial charge in [-0.25, -0.2) is 4.98 Å². The van der Waals surface area contributed by atoms with E-state index < -0.39 is 30.5 Å². The third-order valence-corrected chi connectivity index (χ3v) is 3.22. The summed E-state index contributed by atoms with van der Waals surface area (Å²) < 4.78 is 44.3. The molecule has 1 unspecified atom stereocenters. The molecule has 0 aliphatic carbocycles. The van der Waals surface area contributed by atoms with Crippen molar-refractivity contribution in [3.63, 3.8) is 0 Å². The highest BCUT2D eigenvalue weighted by atomic mass is 19.3. The van der Waals surface area contributed by atoms with E-state index in [0.717, 1.165) is 0 Å². The van der Waals surface area contributed by atoms with E-state index in [1.165, 1.54) is 26.5 Å². The van der Waals surface area contributed by atoms with Gasteiger partial charge in [-0.1, -0.05) is 6.07 Å². The lowest BCUT2D eigenvalue weighted by Crippen LogP contribution is -2.35. The number of pyridine rings is 1. The number of halogens is 2. The second-order valence-electron chi connectivity index (χ2n) is 6.46. The number of rotatable bonds is 10. The Kier molecular flexibility index (Phi) is 8.83. The van der Waals surface area contributed by atoms with Gasteiger partial charge in [0, 0.05) is 39.1 Å². The Balaban J connectivity index is 2.86. The largest absolute Gasteiger partial charge is 0.460 e.